The van der Waals surface area contributed by atoms with Gasteiger partial charge in [-0.05, 0) is 31.5 Å². The number of nitrogens with zero attached hydrogens (tertiary/aromatic N) is 2. The number of aromatic nitrogens is 2. The number of fused-ring (bicyclic) bond motifs is 1. The molecule has 0 saturated heterocycles. The summed E-state index contributed by atoms with van der Waals surface area (Å²) in [5.41, 5.74) is 2.20. The highest BCUT2D eigenvalue weighted by Crippen LogP contribution is 2.27. The van der Waals surface area contributed by atoms with Gasteiger partial charge in [-0.25, -0.2) is 4.98 Å². The molecule has 0 unspecified atom stereocenters. The maximum absolute atomic E-state index is 12.2. The summed E-state index contributed by atoms with van der Waals surface area (Å²) >= 11 is 1.52. The van der Waals surface area contributed by atoms with Crippen molar-refractivity contribution in [3.05, 3.63) is 50.0 Å². The zero-order valence-corrected chi connectivity index (χ0v) is 12.7. The normalized spacial score (nSPS) is 11.0. The van der Waals surface area contributed by atoms with Crippen molar-refractivity contribution >= 4 is 27.2 Å². The average molecular weight is 300 g/mol. The fourth-order valence-electron chi connectivity index (χ4n) is 2.22. The van der Waals surface area contributed by atoms with Crippen LogP contribution in [0.1, 0.15) is 10.4 Å². The van der Waals surface area contributed by atoms with Crippen LogP contribution in [0.25, 0.3) is 21.6 Å². The van der Waals surface area contributed by atoms with E-state index in [1.807, 2.05) is 13.8 Å². The minimum Gasteiger partial charge on any atom is -0.306 e. The lowest BCUT2D eigenvalue weighted by atomic mass is 10.2. The Kier molecular flexibility index (Phi) is 3.17. The topological polar surface area (TPSA) is 65.8 Å². The zero-order chi connectivity index (χ0) is 15.1. The maximum atomic E-state index is 12.2. The molecule has 0 saturated carbocycles. The van der Waals surface area contributed by atoms with E-state index < -0.39 is 0 Å². The fourth-order valence-corrected chi connectivity index (χ4v) is 3.25. The first-order chi connectivity index (χ1) is 9.97. The van der Waals surface area contributed by atoms with Gasteiger partial charge in [0.15, 0.2) is 7.05 Å². The van der Waals surface area contributed by atoms with Gasteiger partial charge in [-0.2, -0.15) is 0 Å². The smallest absolute Gasteiger partial charge is 0.260 e. The third kappa shape index (κ3) is 2.27. The van der Waals surface area contributed by atoms with E-state index in [1.54, 1.807) is 24.3 Å². The van der Waals surface area contributed by atoms with Gasteiger partial charge in [-0.15, -0.1) is 11.3 Å². The van der Waals surface area contributed by atoms with Crippen LogP contribution < -0.4 is 5.56 Å². The van der Waals surface area contributed by atoms with Crippen LogP contribution in [0.2, 0.25) is 0 Å². The number of aromatic amines is 1. The molecule has 0 bridgehead atoms. The third-order valence-electron chi connectivity index (χ3n) is 3.54. The van der Waals surface area contributed by atoms with Gasteiger partial charge >= 0.3 is 0 Å². The monoisotopic (exact) mass is 300 g/mol. The number of rotatable bonds is 2. The zero-order valence-electron chi connectivity index (χ0n) is 11.9. The van der Waals surface area contributed by atoms with Crippen molar-refractivity contribution in [3.63, 3.8) is 0 Å². The van der Waals surface area contributed by atoms with E-state index >= 15 is 0 Å². The Morgan fingerprint density at radius 3 is 2.48 bits per heavy atom. The second-order valence-corrected chi connectivity index (χ2v) is 6.13. The van der Waals surface area contributed by atoms with E-state index in [0.717, 1.165) is 25.6 Å². The Hall–Kier alpha value is -2.34. The summed E-state index contributed by atoms with van der Waals surface area (Å²) in [5.74, 6) is 0.522. The lowest BCUT2D eigenvalue weighted by Gasteiger charge is -2.00. The van der Waals surface area contributed by atoms with Gasteiger partial charge in [-0.1, -0.05) is 0 Å². The predicted octanol–water partition coefficient (Wildman–Crippen LogP) is 3.31. The van der Waals surface area contributed by atoms with E-state index in [9.17, 15) is 9.70 Å². The molecule has 0 spiro atoms. The van der Waals surface area contributed by atoms with Crippen molar-refractivity contribution in [1.29, 1.82) is 0 Å². The summed E-state index contributed by atoms with van der Waals surface area (Å²) in [4.78, 5) is 32.6. The molecule has 2 heterocycles. The van der Waals surface area contributed by atoms with Crippen molar-refractivity contribution in [3.8, 4) is 11.4 Å². The van der Waals surface area contributed by atoms with E-state index in [4.69, 9.17) is 0 Å². The lowest BCUT2D eigenvalue weighted by Crippen LogP contribution is -2.09. The van der Waals surface area contributed by atoms with Crippen LogP contribution in [0.15, 0.2) is 29.1 Å². The number of hydrogen-bond acceptors (Lipinski definition) is 4. The number of benzene rings is 1. The molecule has 0 amide bonds. The number of H-pyrrole nitrogens is 1. The molecule has 0 fully saturated rings. The number of nitrogens with one attached hydrogen (secondary N) is 1. The molecule has 2 aromatic heterocycles. The van der Waals surface area contributed by atoms with Gasteiger partial charge in [0.05, 0.1) is 5.39 Å². The molecule has 0 radical (unpaired) electrons. The van der Waals surface area contributed by atoms with Gasteiger partial charge in [0, 0.05) is 32.2 Å². The first kappa shape index (κ1) is 13.6. The standard InChI is InChI=1S/C15H13N3O2S/c1-8-9(2)21-15-12(8)14(19)16-13(17-15)10-4-6-11(7-5-10)18(3)20/h4-7H,1-3H3/p+1. The molecular formula is C15H14N3O2S+. The molecule has 0 atom stereocenters. The SMILES string of the molecule is Cc1sc2nc(-c3ccc([N+](C)=O)cc3)[nH]c(=O)c2c1C. The first-order valence-electron chi connectivity index (χ1n) is 6.48. The van der Waals surface area contributed by atoms with Crippen LogP contribution >= 0.6 is 11.3 Å². The third-order valence-corrected chi connectivity index (χ3v) is 4.64. The summed E-state index contributed by atoms with van der Waals surface area (Å²) in [6.07, 6.45) is 0. The summed E-state index contributed by atoms with van der Waals surface area (Å²) in [7, 11) is 1.44. The number of nitroso groups, excluding NO2 is 1. The highest BCUT2D eigenvalue weighted by Gasteiger charge is 2.13. The minimum atomic E-state index is -0.123. The van der Waals surface area contributed by atoms with Gasteiger partial charge in [-0.3, -0.25) is 4.79 Å². The molecule has 0 aliphatic rings. The Bertz CT molecular complexity index is 907. The fraction of sp³-hybridized carbons (Fsp3) is 0.200. The average Bonchev–Trinajstić information content (AvgIpc) is 2.74. The van der Waals surface area contributed by atoms with Gasteiger partial charge in [0.25, 0.3) is 11.2 Å². The van der Waals surface area contributed by atoms with Crippen molar-refractivity contribution in [2.45, 2.75) is 13.8 Å². The largest absolute Gasteiger partial charge is 0.306 e. The number of hydrogen-bond donors (Lipinski definition) is 1. The lowest BCUT2D eigenvalue weighted by molar-refractivity contribution is -0.428. The minimum absolute atomic E-state index is 0.123. The molecular weight excluding hydrogens is 286 g/mol. The van der Waals surface area contributed by atoms with Gasteiger partial charge in [0.1, 0.15) is 10.7 Å². The number of thiophene rings is 1. The summed E-state index contributed by atoms with van der Waals surface area (Å²) < 4.78 is 0.787. The maximum Gasteiger partial charge on any atom is 0.260 e. The second kappa shape index (κ2) is 4.89. The molecule has 1 aromatic carbocycles. The van der Waals surface area contributed by atoms with Gasteiger partial charge < -0.3 is 4.98 Å². The number of aryl methyl sites for hydroxylation is 2. The molecule has 106 valence electrons. The van der Waals surface area contributed by atoms with E-state index in [1.165, 1.54) is 18.4 Å². The van der Waals surface area contributed by atoms with E-state index in [0.29, 0.717) is 16.9 Å². The quantitative estimate of drug-likeness (QED) is 0.738. The summed E-state index contributed by atoms with van der Waals surface area (Å²) in [6.45, 7) is 3.92. The van der Waals surface area contributed by atoms with Crippen LogP contribution in [0.4, 0.5) is 5.69 Å². The van der Waals surface area contributed by atoms with E-state index in [2.05, 4.69) is 9.97 Å². The molecule has 5 nitrogen and oxygen atoms in total. The summed E-state index contributed by atoms with van der Waals surface area (Å²) in [5, 5.41) is 0.664. The van der Waals surface area contributed by atoms with E-state index in [-0.39, 0.29) is 5.56 Å². The van der Waals surface area contributed by atoms with Crippen LogP contribution in [-0.2, 0) is 0 Å². The molecule has 6 heteroatoms. The van der Waals surface area contributed by atoms with Crippen molar-refractivity contribution in [2.75, 3.05) is 7.05 Å². The molecule has 3 aromatic rings. The van der Waals surface area contributed by atoms with Crippen molar-refractivity contribution in [1.82, 2.24) is 9.97 Å². The highest BCUT2D eigenvalue weighted by atomic mass is 32.1. The molecule has 1 N–H and O–H groups in total. The van der Waals surface area contributed by atoms with Crippen LogP contribution in [0, 0.1) is 18.8 Å². The van der Waals surface area contributed by atoms with Crippen molar-refractivity contribution < 1.29 is 4.76 Å². The second-order valence-electron chi connectivity index (χ2n) is 4.92. The Balaban J connectivity index is 2.17. The van der Waals surface area contributed by atoms with Crippen LogP contribution in [-0.4, -0.2) is 21.8 Å². The Labute approximate surface area is 124 Å². The van der Waals surface area contributed by atoms with Crippen molar-refractivity contribution in [2.24, 2.45) is 0 Å². The Morgan fingerprint density at radius 1 is 1.19 bits per heavy atom. The molecule has 3 rings (SSSR count). The molecule has 0 aliphatic carbocycles. The highest BCUT2D eigenvalue weighted by molar-refractivity contribution is 7.18. The molecule has 21 heavy (non-hydrogen) atoms. The van der Waals surface area contributed by atoms with Crippen LogP contribution in [0.3, 0.4) is 0 Å². The molecule has 0 aliphatic heterocycles. The summed E-state index contributed by atoms with van der Waals surface area (Å²) in [6, 6.07) is 6.97. The predicted molar refractivity (Wildman–Crippen MR) is 84.4 cm³/mol. The van der Waals surface area contributed by atoms with Gasteiger partial charge in [0.2, 0.25) is 0 Å². The first-order valence-corrected chi connectivity index (χ1v) is 7.30. The Morgan fingerprint density at radius 2 is 1.86 bits per heavy atom. The van der Waals surface area contributed by atoms with Crippen LogP contribution in [0.5, 0.6) is 0 Å².